The summed E-state index contributed by atoms with van der Waals surface area (Å²) in [5.74, 6) is -0.475. The van der Waals surface area contributed by atoms with Gasteiger partial charge in [0.2, 0.25) is 0 Å². The first-order chi connectivity index (χ1) is 20.0. The number of carbonyl (C=O) groups is 2. The van der Waals surface area contributed by atoms with Gasteiger partial charge in [-0.1, -0.05) is 82.0 Å². The number of allylic oxidation sites excluding steroid dienone is 10. The Kier molecular flexibility index (Phi) is 18.6. The highest BCUT2D eigenvalue weighted by Crippen LogP contribution is 2.13. The summed E-state index contributed by atoms with van der Waals surface area (Å²) in [5, 5.41) is 5.90. The fourth-order valence-corrected chi connectivity index (χ4v) is 4.38. The van der Waals surface area contributed by atoms with Crippen molar-refractivity contribution in [3.63, 3.8) is 0 Å². The maximum Gasteiger partial charge on any atom is 0.252 e. The molecule has 0 aliphatic rings. The number of nitrogens with one attached hydrogen (secondary N) is 2. The second-order valence-corrected chi connectivity index (χ2v) is 11.9. The van der Waals surface area contributed by atoms with Gasteiger partial charge in [0.05, 0.1) is 11.1 Å². The first-order valence-corrected chi connectivity index (χ1v) is 15.5. The first-order valence-electron chi connectivity index (χ1n) is 15.5. The van der Waals surface area contributed by atoms with Gasteiger partial charge in [-0.2, -0.15) is 0 Å². The van der Waals surface area contributed by atoms with Crippen LogP contribution in [0.15, 0.2) is 94.2 Å². The second-order valence-electron chi connectivity index (χ2n) is 11.9. The Bertz CT molecular complexity index is 1090. The Labute approximate surface area is 256 Å². The summed E-state index contributed by atoms with van der Waals surface area (Å²) in [7, 11) is 0. The van der Waals surface area contributed by atoms with Crippen LogP contribution in [0.4, 0.5) is 0 Å². The topological polar surface area (TPSA) is 58.2 Å². The number of amides is 2. The quantitative estimate of drug-likeness (QED) is 0.172. The van der Waals surface area contributed by atoms with E-state index in [9.17, 15) is 9.59 Å². The van der Waals surface area contributed by atoms with Crippen molar-refractivity contribution >= 4 is 11.8 Å². The molecule has 2 amide bonds. The highest BCUT2D eigenvalue weighted by molar-refractivity contribution is 6.07. The van der Waals surface area contributed by atoms with Crippen molar-refractivity contribution in [2.45, 2.75) is 107 Å². The van der Waals surface area contributed by atoms with Crippen molar-refractivity contribution in [1.29, 1.82) is 0 Å². The molecule has 0 atom stereocenters. The van der Waals surface area contributed by atoms with Crippen LogP contribution in [0.2, 0.25) is 0 Å². The van der Waals surface area contributed by atoms with Crippen LogP contribution in [0.5, 0.6) is 0 Å². The molecule has 0 saturated heterocycles. The average Bonchev–Trinajstić information content (AvgIpc) is 2.92. The molecule has 0 aromatic heterocycles. The minimum absolute atomic E-state index is 0.238. The van der Waals surface area contributed by atoms with E-state index in [1.807, 2.05) is 0 Å². The lowest BCUT2D eigenvalue weighted by molar-refractivity contribution is 0.0924. The third-order valence-corrected chi connectivity index (χ3v) is 7.09. The molecule has 0 saturated carbocycles. The van der Waals surface area contributed by atoms with Crippen LogP contribution >= 0.6 is 0 Å². The van der Waals surface area contributed by atoms with E-state index in [4.69, 9.17) is 0 Å². The molecule has 2 N–H and O–H groups in total. The standard InChI is InChI=1S/C38H56N2O2/c1-29(2)15-11-17-31(5)19-13-21-33(7)25-27-39-37(41)35-23-9-10-24-36(35)38(42)40-28-26-34(8)22-14-20-32(6)18-12-16-30(3)4/h9-10,15-16,19-20,23-26H,11-14,17-18,21-22,27-28H2,1-8H3,(H,39,41)(H,40,42)/b31-19-,32-20-,33-25-,34-26-. The molecule has 42 heavy (non-hydrogen) atoms. The molecule has 0 aliphatic carbocycles. The minimum atomic E-state index is -0.238. The van der Waals surface area contributed by atoms with Gasteiger partial charge in [0, 0.05) is 13.1 Å². The summed E-state index contributed by atoms with van der Waals surface area (Å²) >= 11 is 0. The van der Waals surface area contributed by atoms with E-state index in [-0.39, 0.29) is 11.8 Å². The van der Waals surface area contributed by atoms with Crippen LogP contribution in [0, 0.1) is 0 Å². The molecule has 0 spiro atoms. The number of carbonyl (C=O) groups excluding carboxylic acids is 2. The van der Waals surface area contributed by atoms with Gasteiger partial charge in [-0.15, -0.1) is 0 Å². The largest absolute Gasteiger partial charge is 0.349 e. The third kappa shape index (κ3) is 17.4. The van der Waals surface area contributed by atoms with E-state index >= 15 is 0 Å². The van der Waals surface area contributed by atoms with E-state index < -0.39 is 0 Å². The molecule has 0 radical (unpaired) electrons. The minimum Gasteiger partial charge on any atom is -0.349 e. The van der Waals surface area contributed by atoms with Crippen LogP contribution in [0.1, 0.15) is 127 Å². The van der Waals surface area contributed by atoms with Crippen molar-refractivity contribution in [3.8, 4) is 0 Å². The number of rotatable bonds is 18. The van der Waals surface area contributed by atoms with Crippen LogP contribution in [-0.2, 0) is 0 Å². The van der Waals surface area contributed by atoms with Crippen molar-refractivity contribution in [3.05, 3.63) is 105 Å². The molecule has 0 bridgehead atoms. The summed E-state index contributed by atoms with van der Waals surface area (Å²) in [6.07, 6.45) is 21.6. The van der Waals surface area contributed by atoms with Gasteiger partial charge < -0.3 is 10.6 Å². The van der Waals surface area contributed by atoms with Crippen LogP contribution < -0.4 is 10.6 Å². The molecule has 230 valence electrons. The fraction of sp³-hybridized carbons (Fsp3) is 0.474. The second kappa shape index (κ2) is 21.3. The van der Waals surface area contributed by atoms with Gasteiger partial charge in [0.25, 0.3) is 11.8 Å². The number of benzene rings is 1. The zero-order chi connectivity index (χ0) is 31.3. The molecule has 0 heterocycles. The molecule has 1 rings (SSSR count). The summed E-state index contributed by atoms with van der Waals surface area (Å²) in [5.41, 5.74) is 8.84. The van der Waals surface area contributed by atoms with E-state index in [2.05, 4.69) is 102 Å². The Balaban J connectivity index is 2.53. The molecule has 1 aromatic carbocycles. The van der Waals surface area contributed by atoms with Crippen molar-refractivity contribution in [1.82, 2.24) is 10.6 Å². The highest BCUT2D eigenvalue weighted by Gasteiger charge is 2.15. The monoisotopic (exact) mass is 572 g/mol. The molecular formula is C38H56N2O2. The summed E-state index contributed by atoms with van der Waals surface area (Å²) in [6.45, 7) is 18.0. The molecule has 0 aliphatic heterocycles. The Morgan fingerprint density at radius 3 is 1.14 bits per heavy atom. The maximum atomic E-state index is 12.9. The van der Waals surface area contributed by atoms with E-state index in [0.29, 0.717) is 24.2 Å². The predicted molar refractivity (Wildman–Crippen MR) is 182 cm³/mol. The lowest BCUT2D eigenvalue weighted by Crippen LogP contribution is -2.29. The van der Waals surface area contributed by atoms with Gasteiger partial charge in [-0.05, 0) is 119 Å². The Morgan fingerprint density at radius 2 is 0.810 bits per heavy atom. The smallest absolute Gasteiger partial charge is 0.252 e. The maximum absolute atomic E-state index is 12.9. The number of hydrogen-bond donors (Lipinski definition) is 2. The first kappa shape index (κ1) is 36.6. The van der Waals surface area contributed by atoms with Gasteiger partial charge >= 0.3 is 0 Å². The molecule has 0 fully saturated rings. The average molecular weight is 573 g/mol. The lowest BCUT2D eigenvalue weighted by atomic mass is 10.1. The van der Waals surface area contributed by atoms with Gasteiger partial charge in [-0.25, -0.2) is 0 Å². The summed E-state index contributed by atoms with van der Waals surface area (Å²) < 4.78 is 0. The molecule has 1 aromatic rings. The molecule has 0 unspecified atom stereocenters. The zero-order valence-corrected chi connectivity index (χ0v) is 27.7. The molecule has 4 heteroatoms. The van der Waals surface area contributed by atoms with Crippen molar-refractivity contribution in [2.75, 3.05) is 13.1 Å². The van der Waals surface area contributed by atoms with Crippen molar-refractivity contribution < 1.29 is 9.59 Å². The Hall–Kier alpha value is -3.40. The van der Waals surface area contributed by atoms with E-state index in [1.54, 1.807) is 24.3 Å². The summed E-state index contributed by atoms with van der Waals surface area (Å²) in [6, 6.07) is 6.99. The Morgan fingerprint density at radius 1 is 0.500 bits per heavy atom. The van der Waals surface area contributed by atoms with Crippen LogP contribution in [0.3, 0.4) is 0 Å². The van der Waals surface area contributed by atoms with Gasteiger partial charge in [0.15, 0.2) is 0 Å². The van der Waals surface area contributed by atoms with Crippen molar-refractivity contribution in [2.24, 2.45) is 0 Å². The van der Waals surface area contributed by atoms with Gasteiger partial charge in [0.1, 0.15) is 0 Å². The van der Waals surface area contributed by atoms with E-state index in [0.717, 1.165) is 51.4 Å². The zero-order valence-electron chi connectivity index (χ0n) is 27.7. The lowest BCUT2D eigenvalue weighted by Gasteiger charge is -2.10. The molecular weight excluding hydrogens is 516 g/mol. The number of hydrogen-bond acceptors (Lipinski definition) is 2. The summed E-state index contributed by atoms with van der Waals surface area (Å²) in [4.78, 5) is 25.8. The van der Waals surface area contributed by atoms with Gasteiger partial charge in [-0.3, -0.25) is 9.59 Å². The highest BCUT2D eigenvalue weighted by atomic mass is 16.2. The van der Waals surface area contributed by atoms with Crippen LogP contribution in [0.25, 0.3) is 0 Å². The van der Waals surface area contributed by atoms with Crippen LogP contribution in [-0.4, -0.2) is 24.9 Å². The third-order valence-electron chi connectivity index (χ3n) is 7.09. The fourth-order valence-electron chi connectivity index (χ4n) is 4.38. The SMILES string of the molecule is CC(C)=CCC/C(C)=C\CC/C(C)=C\CNC(=O)c1ccccc1C(=O)NC/C=C(/C)CC/C=C(/C)CCC=C(C)C. The molecule has 4 nitrogen and oxygen atoms in total. The van der Waals surface area contributed by atoms with E-state index in [1.165, 1.54) is 33.4 Å². The normalized spacial score (nSPS) is 12.6. The predicted octanol–water partition coefficient (Wildman–Crippen LogP) is 9.98.